The molecule has 0 aliphatic carbocycles. The third-order valence-electron chi connectivity index (χ3n) is 4.58. The molecule has 5 heteroatoms. The molecule has 1 aromatic carbocycles. The SMILES string of the molecule is CCn1cc(C#N)c(=O)n(Cc2c(C)cc(C(C)(C)C)cc2C)c1=O. The van der Waals surface area contributed by atoms with Gasteiger partial charge in [0.1, 0.15) is 11.6 Å². The summed E-state index contributed by atoms with van der Waals surface area (Å²) in [5.74, 6) is 0. The number of hydrogen-bond acceptors (Lipinski definition) is 3. The highest BCUT2D eigenvalue weighted by atomic mass is 16.2. The molecule has 132 valence electrons. The largest absolute Gasteiger partial charge is 0.331 e. The van der Waals surface area contributed by atoms with Crippen LogP contribution in [-0.2, 0) is 18.5 Å². The number of aromatic nitrogens is 2. The zero-order valence-corrected chi connectivity index (χ0v) is 15.8. The fourth-order valence-corrected chi connectivity index (χ4v) is 2.93. The molecule has 0 aliphatic rings. The van der Waals surface area contributed by atoms with Crippen LogP contribution in [0.25, 0.3) is 0 Å². The van der Waals surface area contributed by atoms with E-state index >= 15 is 0 Å². The van der Waals surface area contributed by atoms with Crippen LogP contribution in [0.3, 0.4) is 0 Å². The molecular weight excluding hydrogens is 314 g/mol. The lowest BCUT2D eigenvalue weighted by atomic mass is 9.84. The minimum atomic E-state index is -0.532. The highest BCUT2D eigenvalue weighted by Gasteiger charge is 2.18. The van der Waals surface area contributed by atoms with Gasteiger partial charge in [-0.15, -0.1) is 0 Å². The summed E-state index contributed by atoms with van der Waals surface area (Å²) in [6.07, 6.45) is 1.34. The molecule has 0 atom stereocenters. The van der Waals surface area contributed by atoms with Crippen LogP contribution in [0.1, 0.15) is 55.5 Å². The van der Waals surface area contributed by atoms with E-state index in [1.54, 1.807) is 0 Å². The van der Waals surface area contributed by atoms with Gasteiger partial charge >= 0.3 is 5.69 Å². The van der Waals surface area contributed by atoms with E-state index in [1.807, 2.05) is 26.8 Å². The number of hydrogen-bond donors (Lipinski definition) is 0. The maximum absolute atomic E-state index is 12.6. The van der Waals surface area contributed by atoms with Gasteiger partial charge in [0.15, 0.2) is 0 Å². The molecular formula is C20H25N3O2. The molecule has 0 saturated carbocycles. The average molecular weight is 339 g/mol. The minimum absolute atomic E-state index is 0.0110. The highest BCUT2D eigenvalue weighted by Crippen LogP contribution is 2.27. The molecule has 25 heavy (non-hydrogen) atoms. The van der Waals surface area contributed by atoms with Gasteiger partial charge in [0.25, 0.3) is 5.56 Å². The molecule has 0 saturated heterocycles. The summed E-state index contributed by atoms with van der Waals surface area (Å²) in [5, 5.41) is 9.18. The van der Waals surface area contributed by atoms with Crippen molar-refractivity contribution in [2.75, 3.05) is 0 Å². The first-order valence-electron chi connectivity index (χ1n) is 8.45. The second-order valence-corrected chi connectivity index (χ2v) is 7.45. The summed E-state index contributed by atoms with van der Waals surface area (Å²) >= 11 is 0. The van der Waals surface area contributed by atoms with Crippen molar-refractivity contribution in [2.24, 2.45) is 0 Å². The van der Waals surface area contributed by atoms with E-state index < -0.39 is 5.56 Å². The van der Waals surface area contributed by atoms with Crippen LogP contribution in [0, 0.1) is 25.2 Å². The molecule has 1 aromatic heterocycles. The van der Waals surface area contributed by atoms with Crippen LogP contribution in [0.2, 0.25) is 0 Å². The van der Waals surface area contributed by atoms with Crippen LogP contribution in [0.4, 0.5) is 0 Å². The Morgan fingerprint density at radius 1 is 1.12 bits per heavy atom. The van der Waals surface area contributed by atoms with Gasteiger partial charge in [-0.25, -0.2) is 4.79 Å². The number of rotatable bonds is 3. The summed E-state index contributed by atoms with van der Waals surface area (Å²) < 4.78 is 2.56. The van der Waals surface area contributed by atoms with Gasteiger partial charge in [0.2, 0.25) is 0 Å². The zero-order chi connectivity index (χ0) is 18.9. The predicted octanol–water partition coefficient (Wildman–Crippen LogP) is 2.86. The normalized spacial score (nSPS) is 11.4. The van der Waals surface area contributed by atoms with Crippen molar-refractivity contribution < 1.29 is 0 Å². The van der Waals surface area contributed by atoms with E-state index in [2.05, 4.69) is 32.9 Å². The highest BCUT2D eigenvalue weighted by molar-refractivity contribution is 5.40. The number of aryl methyl sites for hydroxylation is 3. The first-order valence-corrected chi connectivity index (χ1v) is 8.45. The standard InChI is InChI=1S/C20H25N3O2/c1-7-22-11-15(10-21)18(24)23(19(22)25)12-17-13(2)8-16(9-14(17)3)20(4,5)6/h8-9,11H,7,12H2,1-6H3. The second kappa shape index (κ2) is 6.72. The van der Waals surface area contributed by atoms with Gasteiger partial charge in [-0.2, -0.15) is 5.26 Å². The van der Waals surface area contributed by atoms with Crippen LogP contribution in [-0.4, -0.2) is 9.13 Å². The lowest BCUT2D eigenvalue weighted by Gasteiger charge is -2.22. The smallest absolute Gasteiger partial charge is 0.299 e. The van der Waals surface area contributed by atoms with Gasteiger partial charge in [0.05, 0.1) is 6.54 Å². The molecule has 1 heterocycles. The average Bonchev–Trinajstić information content (AvgIpc) is 2.52. The van der Waals surface area contributed by atoms with Crippen molar-refractivity contribution in [1.29, 1.82) is 5.26 Å². The molecule has 0 amide bonds. The van der Waals surface area contributed by atoms with Crippen molar-refractivity contribution in [3.05, 3.63) is 67.0 Å². The summed E-state index contributed by atoms with van der Waals surface area (Å²) in [4.78, 5) is 25.0. The maximum atomic E-state index is 12.6. The van der Waals surface area contributed by atoms with Crippen molar-refractivity contribution in [2.45, 2.75) is 60.0 Å². The van der Waals surface area contributed by atoms with E-state index in [4.69, 9.17) is 0 Å². The molecule has 2 rings (SSSR count). The molecule has 0 fully saturated rings. The third kappa shape index (κ3) is 3.58. The van der Waals surface area contributed by atoms with Gasteiger partial charge < -0.3 is 0 Å². The lowest BCUT2D eigenvalue weighted by molar-refractivity contribution is 0.583. The Morgan fingerprint density at radius 3 is 2.12 bits per heavy atom. The fraction of sp³-hybridized carbons (Fsp3) is 0.450. The lowest BCUT2D eigenvalue weighted by Crippen LogP contribution is -2.41. The Kier molecular flexibility index (Phi) is 5.03. The van der Waals surface area contributed by atoms with Gasteiger partial charge in [-0.05, 0) is 48.4 Å². The Labute approximate surface area is 148 Å². The minimum Gasteiger partial charge on any atom is -0.299 e. The van der Waals surface area contributed by atoms with Crippen LogP contribution >= 0.6 is 0 Å². The van der Waals surface area contributed by atoms with E-state index in [0.717, 1.165) is 21.3 Å². The van der Waals surface area contributed by atoms with E-state index in [0.29, 0.717) is 6.54 Å². The van der Waals surface area contributed by atoms with Crippen LogP contribution in [0.15, 0.2) is 27.9 Å². The van der Waals surface area contributed by atoms with Crippen LogP contribution in [0.5, 0.6) is 0 Å². The van der Waals surface area contributed by atoms with Gasteiger partial charge in [-0.1, -0.05) is 32.9 Å². The Bertz CT molecular complexity index is 943. The monoisotopic (exact) mass is 339 g/mol. The molecule has 0 N–H and O–H groups in total. The number of nitrogens with zero attached hydrogens (tertiary/aromatic N) is 3. The predicted molar refractivity (Wildman–Crippen MR) is 99.1 cm³/mol. The number of nitriles is 1. The first-order chi connectivity index (χ1) is 11.6. The van der Waals surface area contributed by atoms with E-state index in [-0.39, 0.29) is 23.2 Å². The van der Waals surface area contributed by atoms with Gasteiger partial charge in [0, 0.05) is 12.7 Å². The van der Waals surface area contributed by atoms with E-state index in [9.17, 15) is 14.9 Å². The van der Waals surface area contributed by atoms with Crippen molar-refractivity contribution >= 4 is 0 Å². The molecule has 2 aromatic rings. The quantitative estimate of drug-likeness (QED) is 0.863. The van der Waals surface area contributed by atoms with Crippen molar-refractivity contribution in [3.63, 3.8) is 0 Å². The Balaban J connectivity index is 2.64. The van der Waals surface area contributed by atoms with Crippen molar-refractivity contribution in [1.82, 2.24) is 9.13 Å². The summed E-state index contributed by atoms with van der Waals surface area (Å²) in [7, 11) is 0. The van der Waals surface area contributed by atoms with Crippen molar-refractivity contribution in [3.8, 4) is 6.07 Å². The topological polar surface area (TPSA) is 67.8 Å². The maximum Gasteiger partial charge on any atom is 0.331 e. The molecule has 5 nitrogen and oxygen atoms in total. The summed E-state index contributed by atoms with van der Waals surface area (Å²) in [6.45, 7) is 12.9. The van der Waals surface area contributed by atoms with Gasteiger partial charge in [-0.3, -0.25) is 13.9 Å². The third-order valence-corrected chi connectivity index (χ3v) is 4.58. The fourth-order valence-electron chi connectivity index (χ4n) is 2.93. The van der Waals surface area contributed by atoms with E-state index in [1.165, 1.54) is 16.3 Å². The number of benzene rings is 1. The summed E-state index contributed by atoms with van der Waals surface area (Å²) in [5.41, 5.74) is 3.35. The Hall–Kier alpha value is -2.61. The molecule has 0 aliphatic heterocycles. The summed E-state index contributed by atoms with van der Waals surface area (Å²) in [6, 6.07) is 6.11. The molecule has 0 radical (unpaired) electrons. The molecule has 0 unspecified atom stereocenters. The molecule has 0 bridgehead atoms. The second-order valence-electron chi connectivity index (χ2n) is 7.45. The Morgan fingerprint density at radius 2 is 1.68 bits per heavy atom. The van der Waals surface area contributed by atoms with Crippen LogP contribution < -0.4 is 11.2 Å². The first kappa shape index (κ1) is 18.7. The zero-order valence-electron chi connectivity index (χ0n) is 15.8. The molecule has 0 spiro atoms.